The minimum Gasteiger partial charge on any atom is -0.493 e. The second-order valence-corrected chi connectivity index (χ2v) is 9.81. The van der Waals surface area contributed by atoms with Crippen molar-refractivity contribution in [2.45, 2.75) is 24.9 Å². The normalized spacial score (nSPS) is 25.2. The van der Waals surface area contributed by atoms with E-state index in [1.54, 1.807) is 25.1 Å². The summed E-state index contributed by atoms with van der Waals surface area (Å²) in [7, 11) is 1.27. The minimum atomic E-state index is -3.17. The average molecular weight is 439 g/mol. The van der Waals surface area contributed by atoms with Crippen LogP contribution in [0.5, 0.6) is 11.5 Å². The van der Waals surface area contributed by atoms with Gasteiger partial charge in [0.15, 0.2) is 21.3 Å². The average Bonchev–Trinajstić information content (AvgIpc) is 3.18. The molecule has 4 amide bonds. The zero-order valence-electron chi connectivity index (χ0n) is 17.3. The zero-order valence-corrected chi connectivity index (χ0v) is 18.1. The van der Waals surface area contributed by atoms with Crippen molar-refractivity contribution in [3.8, 4) is 11.5 Å². The van der Waals surface area contributed by atoms with Crippen molar-refractivity contribution >= 4 is 27.7 Å². The van der Waals surface area contributed by atoms with Gasteiger partial charge in [-0.2, -0.15) is 0 Å². The molecule has 0 bridgehead atoms. The molecule has 2 aliphatic heterocycles. The van der Waals surface area contributed by atoms with Crippen LogP contribution < -0.4 is 14.8 Å². The zero-order chi connectivity index (χ0) is 22.3. The molecule has 2 aliphatic rings. The maximum Gasteiger partial charge on any atom is 0.325 e. The molecule has 1 aromatic carbocycles. The number of imide groups is 1. The van der Waals surface area contributed by atoms with Crippen molar-refractivity contribution in [1.29, 1.82) is 0 Å². The first-order chi connectivity index (χ1) is 14.0. The molecule has 1 aromatic rings. The molecule has 0 aromatic heterocycles. The van der Waals surface area contributed by atoms with E-state index in [4.69, 9.17) is 9.47 Å². The second-order valence-electron chi connectivity index (χ2n) is 7.58. The SMILES string of the molecule is COc1ccc([C@@]2(C)NC(=O)N(CC(=O)N(C)[C@@H]3CCS(=O)(=O)C3)C2=O)cc1OC. The summed E-state index contributed by atoms with van der Waals surface area (Å²) in [6.45, 7) is 1.08. The van der Waals surface area contributed by atoms with Crippen LogP contribution in [0.1, 0.15) is 18.9 Å². The number of likely N-dealkylation sites (N-methyl/N-ethyl adjacent to an activating group) is 1. The molecule has 3 rings (SSSR count). The number of carbonyl (C=O) groups is 3. The minimum absolute atomic E-state index is 0.0236. The number of urea groups is 1. The highest BCUT2D eigenvalue weighted by Crippen LogP contribution is 2.35. The molecule has 2 heterocycles. The maximum atomic E-state index is 13.1. The van der Waals surface area contributed by atoms with Crippen LogP contribution >= 0.6 is 0 Å². The highest BCUT2D eigenvalue weighted by atomic mass is 32.2. The van der Waals surface area contributed by atoms with Gasteiger partial charge < -0.3 is 19.7 Å². The predicted molar refractivity (Wildman–Crippen MR) is 107 cm³/mol. The lowest BCUT2D eigenvalue weighted by molar-refractivity contribution is -0.139. The molecule has 11 heteroatoms. The number of rotatable bonds is 6. The van der Waals surface area contributed by atoms with E-state index in [1.807, 2.05) is 0 Å². The van der Waals surface area contributed by atoms with Crippen LogP contribution in [0.15, 0.2) is 18.2 Å². The molecule has 0 radical (unpaired) electrons. The number of methoxy groups -OCH3 is 2. The molecule has 1 N–H and O–H groups in total. The van der Waals surface area contributed by atoms with E-state index in [1.165, 1.54) is 26.2 Å². The monoisotopic (exact) mass is 439 g/mol. The number of hydrogen-bond acceptors (Lipinski definition) is 7. The first-order valence-electron chi connectivity index (χ1n) is 9.35. The van der Waals surface area contributed by atoms with Crippen LogP contribution in [0.3, 0.4) is 0 Å². The van der Waals surface area contributed by atoms with Gasteiger partial charge in [0.05, 0.1) is 25.7 Å². The Hall–Kier alpha value is -2.82. The predicted octanol–water partition coefficient (Wildman–Crippen LogP) is 0.116. The molecule has 10 nitrogen and oxygen atoms in total. The number of sulfone groups is 1. The standard InChI is InChI=1S/C19H25N3O7S/c1-19(12-5-6-14(28-3)15(9-12)29-4)17(24)22(18(25)20-19)10-16(23)21(2)13-7-8-30(26,27)11-13/h5-6,9,13H,7-8,10-11H2,1-4H3,(H,20,25)/t13-,19-/m1/s1. The summed E-state index contributed by atoms with van der Waals surface area (Å²) in [5.74, 6) is -0.302. The number of hydrogen-bond donors (Lipinski definition) is 1. The van der Waals surface area contributed by atoms with E-state index in [0.717, 1.165) is 4.90 Å². The van der Waals surface area contributed by atoms with Crippen molar-refractivity contribution in [1.82, 2.24) is 15.1 Å². The summed E-state index contributed by atoms with van der Waals surface area (Å²) in [4.78, 5) is 40.4. The second kappa shape index (κ2) is 7.78. The maximum absolute atomic E-state index is 13.1. The third kappa shape index (κ3) is 3.81. The van der Waals surface area contributed by atoms with E-state index >= 15 is 0 Å². The lowest BCUT2D eigenvalue weighted by Gasteiger charge is -2.26. The number of benzene rings is 1. The van der Waals surface area contributed by atoms with E-state index < -0.39 is 45.8 Å². The van der Waals surface area contributed by atoms with Crippen LogP contribution in [0.2, 0.25) is 0 Å². The van der Waals surface area contributed by atoms with Crippen molar-refractivity contribution in [2.24, 2.45) is 0 Å². The Morgan fingerprint density at radius 1 is 1.27 bits per heavy atom. The lowest BCUT2D eigenvalue weighted by atomic mass is 9.91. The first kappa shape index (κ1) is 21.9. The van der Waals surface area contributed by atoms with Gasteiger partial charge in [0.1, 0.15) is 12.1 Å². The molecular weight excluding hydrogens is 414 g/mol. The Bertz CT molecular complexity index is 994. The number of ether oxygens (including phenoxy) is 2. The van der Waals surface area contributed by atoms with E-state index in [9.17, 15) is 22.8 Å². The van der Waals surface area contributed by atoms with Gasteiger partial charge in [0.25, 0.3) is 5.91 Å². The van der Waals surface area contributed by atoms with Gasteiger partial charge in [0, 0.05) is 13.1 Å². The summed E-state index contributed by atoms with van der Waals surface area (Å²) in [5.41, 5.74) is -0.907. The van der Waals surface area contributed by atoms with Crippen molar-refractivity contribution in [3.05, 3.63) is 23.8 Å². The topological polar surface area (TPSA) is 122 Å². The number of nitrogens with one attached hydrogen (secondary N) is 1. The van der Waals surface area contributed by atoms with Gasteiger partial charge >= 0.3 is 6.03 Å². The Labute approximate surface area is 175 Å². The Morgan fingerprint density at radius 3 is 2.50 bits per heavy atom. The molecule has 30 heavy (non-hydrogen) atoms. The molecule has 0 aliphatic carbocycles. The van der Waals surface area contributed by atoms with Gasteiger partial charge in [-0.25, -0.2) is 13.2 Å². The summed E-state index contributed by atoms with van der Waals surface area (Å²) >= 11 is 0. The largest absolute Gasteiger partial charge is 0.493 e. The van der Waals surface area contributed by atoms with Crippen molar-refractivity contribution < 1.29 is 32.3 Å². The highest BCUT2D eigenvalue weighted by molar-refractivity contribution is 7.91. The van der Waals surface area contributed by atoms with Gasteiger partial charge in [-0.1, -0.05) is 6.07 Å². The highest BCUT2D eigenvalue weighted by Gasteiger charge is 2.50. The van der Waals surface area contributed by atoms with E-state index in [2.05, 4.69) is 5.32 Å². The van der Waals surface area contributed by atoms with Crippen molar-refractivity contribution in [3.63, 3.8) is 0 Å². The molecule has 164 valence electrons. The van der Waals surface area contributed by atoms with Gasteiger partial charge in [-0.3, -0.25) is 14.5 Å². The fourth-order valence-corrected chi connectivity index (χ4v) is 5.49. The summed E-state index contributed by atoms with van der Waals surface area (Å²) in [5, 5.41) is 2.64. The van der Waals surface area contributed by atoms with Crippen LogP contribution in [-0.2, 0) is 25.0 Å². The first-order valence-corrected chi connectivity index (χ1v) is 11.2. The molecule has 0 unspecified atom stereocenters. The lowest BCUT2D eigenvalue weighted by Crippen LogP contribution is -2.46. The number of amides is 4. The third-order valence-electron chi connectivity index (χ3n) is 5.68. The van der Waals surface area contributed by atoms with Gasteiger partial charge in [-0.15, -0.1) is 0 Å². The van der Waals surface area contributed by atoms with Crippen LogP contribution in [-0.4, -0.2) is 81.4 Å². The fourth-order valence-electron chi connectivity index (χ4n) is 3.71. The van der Waals surface area contributed by atoms with Gasteiger partial charge in [-0.05, 0) is 31.0 Å². The van der Waals surface area contributed by atoms with Crippen LogP contribution in [0, 0.1) is 0 Å². The Morgan fingerprint density at radius 2 is 1.93 bits per heavy atom. The summed E-state index contributed by atoms with van der Waals surface area (Å²) in [6, 6.07) is 3.71. The fraction of sp³-hybridized carbons (Fsp3) is 0.526. The van der Waals surface area contributed by atoms with Gasteiger partial charge in [0.2, 0.25) is 5.91 Å². The summed E-state index contributed by atoms with van der Waals surface area (Å²) in [6.07, 6.45) is 0.341. The Kier molecular flexibility index (Phi) is 5.68. The Balaban J connectivity index is 1.78. The van der Waals surface area contributed by atoms with E-state index in [0.29, 0.717) is 23.5 Å². The summed E-state index contributed by atoms with van der Waals surface area (Å²) < 4.78 is 33.8. The van der Waals surface area contributed by atoms with E-state index in [-0.39, 0.29) is 11.5 Å². The molecule has 0 saturated carbocycles. The molecular formula is C19H25N3O7S. The molecule has 2 fully saturated rings. The quantitative estimate of drug-likeness (QED) is 0.625. The number of carbonyl (C=O) groups excluding carboxylic acids is 3. The number of nitrogens with zero attached hydrogens (tertiary/aromatic N) is 2. The van der Waals surface area contributed by atoms with Crippen LogP contribution in [0.25, 0.3) is 0 Å². The molecule has 0 spiro atoms. The van der Waals surface area contributed by atoms with Crippen LogP contribution in [0.4, 0.5) is 4.79 Å². The third-order valence-corrected chi connectivity index (χ3v) is 7.43. The van der Waals surface area contributed by atoms with Crippen molar-refractivity contribution in [2.75, 3.05) is 39.3 Å². The molecule has 2 saturated heterocycles. The molecule has 2 atom stereocenters. The smallest absolute Gasteiger partial charge is 0.325 e.